The molecule has 1 aromatic carbocycles. The highest BCUT2D eigenvalue weighted by molar-refractivity contribution is 6.03. The molecule has 0 radical (unpaired) electrons. The van der Waals surface area contributed by atoms with Crippen molar-refractivity contribution < 1.29 is 9.18 Å². The van der Waals surface area contributed by atoms with Crippen LogP contribution in [0.25, 0.3) is 0 Å². The molecule has 27 heavy (non-hydrogen) atoms. The van der Waals surface area contributed by atoms with Crippen LogP contribution in [0.4, 0.5) is 15.9 Å². The van der Waals surface area contributed by atoms with Crippen LogP contribution in [0.2, 0.25) is 0 Å². The van der Waals surface area contributed by atoms with Crippen molar-refractivity contribution in [3.8, 4) is 0 Å². The van der Waals surface area contributed by atoms with Crippen LogP contribution in [0.3, 0.4) is 0 Å². The first-order valence-electron chi connectivity index (χ1n) is 8.54. The summed E-state index contributed by atoms with van der Waals surface area (Å²) < 4.78 is 13.8. The maximum Gasteiger partial charge on any atom is 0.274 e. The second-order valence-corrected chi connectivity index (χ2v) is 6.12. The molecular formula is C20H20FN5O. The van der Waals surface area contributed by atoms with Gasteiger partial charge in [0.25, 0.3) is 5.91 Å². The van der Waals surface area contributed by atoms with E-state index in [0.717, 1.165) is 13.0 Å². The van der Waals surface area contributed by atoms with Gasteiger partial charge in [0.1, 0.15) is 23.2 Å². The van der Waals surface area contributed by atoms with Gasteiger partial charge in [-0.05, 0) is 43.2 Å². The number of carbonyl (C=O) groups is 1. The van der Waals surface area contributed by atoms with E-state index in [1.165, 1.54) is 17.7 Å². The quantitative estimate of drug-likeness (QED) is 0.726. The first-order valence-corrected chi connectivity index (χ1v) is 8.54. The first kappa shape index (κ1) is 18.4. The number of hydrogen-bond donors (Lipinski definition) is 1. The van der Waals surface area contributed by atoms with Gasteiger partial charge in [-0.15, -0.1) is 0 Å². The molecule has 3 rings (SSSR count). The molecule has 0 aliphatic carbocycles. The Bertz CT molecular complexity index is 933. The smallest absolute Gasteiger partial charge is 0.274 e. The maximum atomic E-state index is 13.8. The summed E-state index contributed by atoms with van der Waals surface area (Å²) in [7, 11) is 1.90. The summed E-state index contributed by atoms with van der Waals surface area (Å²) >= 11 is 0. The molecule has 3 aromatic rings. The van der Waals surface area contributed by atoms with Gasteiger partial charge in [0.05, 0.1) is 5.69 Å². The van der Waals surface area contributed by atoms with Gasteiger partial charge >= 0.3 is 0 Å². The van der Waals surface area contributed by atoms with Crippen LogP contribution >= 0.6 is 0 Å². The highest BCUT2D eigenvalue weighted by Crippen LogP contribution is 2.16. The standard InChI is InChI=1S/C20H20FN5O/c1-14-23-18(20(27)25-17-6-4-3-5-16(17)21)13-19(24-14)26(2)12-9-15-7-10-22-11-8-15/h3-8,10-11,13H,9,12H2,1-2H3,(H,25,27). The molecule has 2 heterocycles. The molecule has 7 heteroatoms. The Labute approximate surface area is 157 Å². The molecule has 0 bridgehead atoms. The number of rotatable bonds is 6. The van der Waals surface area contributed by atoms with Gasteiger partial charge in [0, 0.05) is 32.1 Å². The van der Waals surface area contributed by atoms with E-state index < -0.39 is 11.7 Å². The second kappa shape index (κ2) is 8.35. The summed E-state index contributed by atoms with van der Waals surface area (Å²) in [5.74, 6) is 0.137. The van der Waals surface area contributed by atoms with Crippen LogP contribution in [0.15, 0.2) is 54.9 Å². The molecule has 6 nitrogen and oxygen atoms in total. The maximum absolute atomic E-state index is 13.8. The number of likely N-dealkylation sites (N-methyl/N-ethyl adjacent to an activating group) is 1. The number of aromatic nitrogens is 3. The van der Waals surface area contributed by atoms with Crippen molar-refractivity contribution in [1.82, 2.24) is 15.0 Å². The van der Waals surface area contributed by atoms with Crippen LogP contribution in [-0.2, 0) is 6.42 Å². The normalized spacial score (nSPS) is 10.5. The Kier molecular flexibility index (Phi) is 5.71. The zero-order valence-corrected chi connectivity index (χ0v) is 15.2. The number of nitrogens with one attached hydrogen (secondary N) is 1. The number of para-hydroxylation sites is 1. The van der Waals surface area contributed by atoms with E-state index in [2.05, 4.69) is 20.3 Å². The minimum absolute atomic E-state index is 0.117. The lowest BCUT2D eigenvalue weighted by Gasteiger charge is -2.19. The third kappa shape index (κ3) is 4.84. The Hall–Kier alpha value is -3.35. The Morgan fingerprint density at radius 3 is 2.63 bits per heavy atom. The van der Waals surface area contributed by atoms with Gasteiger partial charge < -0.3 is 10.2 Å². The Balaban J connectivity index is 1.73. The van der Waals surface area contributed by atoms with Crippen LogP contribution < -0.4 is 10.2 Å². The first-order chi connectivity index (χ1) is 13.0. The summed E-state index contributed by atoms with van der Waals surface area (Å²) in [5, 5.41) is 2.55. The van der Waals surface area contributed by atoms with Gasteiger partial charge in [0.15, 0.2) is 0 Å². The summed E-state index contributed by atoms with van der Waals surface area (Å²) in [6.07, 6.45) is 4.34. The monoisotopic (exact) mass is 365 g/mol. The molecule has 138 valence electrons. The summed E-state index contributed by atoms with van der Waals surface area (Å²) in [6.45, 7) is 2.44. The van der Waals surface area contributed by atoms with Crippen molar-refractivity contribution >= 4 is 17.4 Å². The van der Waals surface area contributed by atoms with Gasteiger partial charge in [-0.1, -0.05) is 12.1 Å². The molecule has 0 fully saturated rings. The Morgan fingerprint density at radius 2 is 1.89 bits per heavy atom. The highest BCUT2D eigenvalue weighted by atomic mass is 19.1. The van der Waals surface area contributed by atoms with Gasteiger partial charge in [-0.2, -0.15) is 0 Å². The van der Waals surface area contributed by atoms with Crippen molar-refractivity contribution in [3.05, 3.63) is 77.8 Å². The third-order valence-electron chi connectivity index (χ3n) is 4.06. The molecular weight excluding hydrogens is 345 g/mol. The number of benzene rings is 1. The number of carbonyl (C=O) groups excluding carboxylic acids is 1. The van der Waals surface area contributed by atoms with E-state index in [1.54, 1.807) is 37.5 Å². The zero-order chi connectivity index (χ0) is 19.2. The van der Waals surface area contributed by atoms with Crippen LogP contribution in [0, 0.1) is 12.7 Å². The van der Waals surface area contributed by atoms with E-state index in [4.69, 9.17) is 0 Å². The zero-order valence-electron chi connectivity index (χ0n) is 15.2. The molecule has 0 saturated carbocycles. The number of pyridine rings is 1. The average Bonchev–Trinajstić information content (AvgIpc) is 2.68. The molecule has 0 aliphatic rings. The molecule has 0 aliphatic heterocycles. The second-order valence-electron chi connectivity index (χ2n) is 6.12. The largest absolute Gasteiger partial charge is 0.359 e. The number of halogens is 1. The number of anilines is 2. The average molecular weight is 365 g/mol. The molecule has 0 spiro atoms. The number of hydrogen-bond acceptors (Lipinski definition) is 5. The van der Waals surface area contributed by atoms with Gasteiger partial charge in [-0.25, -0.2) is 14.4 Å². The fraction of sp³-hybridized carbons (Fsp3) is 0.200. The fourth-order valence-corrected chi connectivity index (χ4v) is 2.57. The number of amides is 1. The van der Waals surface area contributed by atoms with Crippen LogP contribution in [0.5, 0.6) is 0 Å². The number of aryl methyl sites for hydroxylation is 1. The number of nitrogens with zero attached hydrogens (tertiary/aromatic N) is 4. The minimum atomic E-state index is -0.494. The van der Waals surface area contributed by atoms with E-state index in [9.17, 15) is 9.18 Å². The van der Waals surface area contributed by atoms with Crippen molar-refractivity contribution in [3.63, 3.8) is 0 Å². The predicted molar refractivity (Wildman–Crippen MR) is 102 cm³/mol. The van der Waals surface area contributed by atoms with E-state index in [1.807, 2.05) is 24.1 Å². The Morgan fingerprint density at radius 1 is 1.15 bits per heavy atom. The molecule has 1 amide bonds. The van der Waals surface area contributed by atoms with E-state index in [-0.39, 0.29) is 11.4 Å². The lowest BCUT2D eigenvalue weighted by Crippen LogP contribution is -2.23. The lowest BCUT2D eigenvalue weighted by atomic mass is 10.2. The van der Waals surface area contributed by atoms with Gasteiger partial charge in [-0.3, -0.25) is 9.78 Å². The minimum Gasteiger partial charge on any atom is -0.359 e. The molecule has 1 N–H and O–H groups in total. The lowest BCUT2D eigenvalue weighted by molar-refractivity contribution is 0.102. The van der Waals surface area contributed by atoms with Crippen molar-refractivity contribution in [2.24, 2.45) is 0 Å². The third-order valence-corrected chi connectivity index (χ3v) is 4.06. The highest BCUT2D eigenvalue weighted by Gasteiger charge is 2.14. The molecule has 0 atom stereocenters. The van der Waals surface area contributed by atoms with Crippen LogP contribution in [-0.4, -0.2) is 34.5 Å². The van der Waals surface area contributed by atoms with Crippen LogP contribution in [0.1, 0.15) is 21.9 Å². The molecule has 0 unspecified atom stereocenters. The summed E-state index contributed by atoms with van der Waals surface area (Å²) in [6, 6.07) is 11.6. The van der Waals surface area contributed by atoms with Crippen molar-refractivity contribution in [2.45, 2.75) is 13.3 Å². The fourth-order valence-electron chi connectivity index (χ4n) is 2.57. The predicted octanol–water partition coefficient (Wildman–Crippen LogP) is 3.25. The molecule has 2 aromatic heterocycles. The summed E-state index contributed by atoms with van der Waals surface area (Å²) in [4.78, 5) is 27.0. The summed E-state index contributed by atoms with van der Waals surface area (Å²) in [5.41, 5.74) is 1.48. The SMILES string of the molecule is Cc1nc(C(=O)Nc2ccccc2F)cc(N(C)CCc2ccncc2)n1. The topological polar surface area (TPSA) is 71.0 Å². The van der Waals surface area contributed by atoms with E-state index >= 15 is 0 Å². The molecule has 0 saturated heterocycles. The van der Waals surface area contributed by atoms with Crippen molar-refractivity contribution in [1.29, 1.82) is 0 Å². The van der Waals surface area contributed by atoms with Gasteiger partial charge in [0.2, 0.25) is 0 Å². The van der Waals surface area contributed by atoms with Crippen molar-refractivity contribution in [2.75, 3.05) is 23.8 Å². The van der Waals surface area contributed by atoms with E-state index in [0.29, 0.717) is 11.6 Å².